The van der Waals surface area contributed by atoms with E-state index in [0.717, 1.165) is 12.8 Å². The van der Waals surface area contributed by atoms with Gasteiger partial charge in [-0.25, -0.2) is 0 Å². The fourth-order valence-electron chi connectivity index (χ4n) is 2.19. The quantitative estimate of drug-likeness (QED) is 0.340. The highest BCUT2D eigenvalue weighted by Gasteiger charge is 2.54. The molecule has 2 saturated carbocycles. The van der Waals surface area contributed by atoms with Gasteiger partial charge in [-0.2, -0.15) is 0 Å². The lowest BCUT2D eigenvalue weighted by molar-refractivity contribution is -0.00169. The van der Waals surface area contributed by atoms with E-state index in [1.54, 1.807) is 0 Å². The van der Waals surface area contributed by atoms with Crippen LogP contribution in [0.4, 0.5) is 0 Å². The van der Waals surface area contributed by atoms with Crippen molar-refractivity contribution < 1.29 is 0 Å². The number of hydrogen-bond acceptors (Lipinski definition) is 2. The predicted octanol–water partition coefficient (Wildman–Crippen LogP) is 2.38. The summed E-state index contributed by atoms with van der Waals surface area (Å²) >= 11 is 0. The third-order valence-corrected chi connectivity index (χ3v) is 2.98. The fourth-order valence-corrected chi connectivity index (χ4v) is 2.19. The van der Waals surface area contributed by atoms with E-state index in [-0.39, 0.29) is 12.1 Å². The molecular formula is C6H8N6. The van der Waals surface area contributed by atoms with E-state index in [1.807, 2.05) is 0 Å². The second kappa shape index (κ2) is 2.59. The number of azide groups is 2. The summed E-state index contributed by atoms with van der Waals surface area (Å²) in [5.41, 5.74) is 16.5. The smallest absolute Gasteiger partial charge is 0.0492 e. The SMILES string of the molecule is [N-]=[N+]=NC1C2CCC2C1N=[N+]=[N-]. The third kappa shape index (κ3) is 0.763. The number of rotatable bonds is 2. The van der Waals surface area contributed by atoms with Crippen LogP contribution in [-0.4, -0.2) is 12.1 Å². The molecule has 0 bridgehead atoms. The van der Waals surface area contributed by atoms with Gasteiger partial charge in [-0.3, -0.25) is 0 Å². The predicted molar refractivity (Wildman–Crippen MR) is 42.1 cm³/mol. The summed E-state index contributed by atoms with van der Waals surface area (Å²) in [6.07, 6.45) is 2.23. The van der Waals surface area contributed by atoms with Crippen LogP contribution in [0.25, 0.3) is 20.9 Å². The van der Waals surface area contributed by atoms with Crippen molar-refractivity contribution in [1.29, 1.82) is 0 Å². The molecule has 2 rings (SSSR count). The topological polar surface area (TPSA) is 97.5 Å². The van der Waals surface area contributed by atoms with Gasteiger partial charge in [-0.15, -0.1) is 0 Å². The zero-order valence-electron chi connectivity index (χ0n) is 6.41. The van der Waals surface area contributed by atoms with Crippen LogP contribution >= 0.6 is 0 Å². The molecular weight excluding hydrogens is 156 g/mol. The van der Waals surface area contributed by atoms with Crippen LogP contribution in [0.15, 0.2) is 10.2 Å². The van der Waals surface area contributed by atoms with Crippen LogP contribution in [0.1, 0.15) is 12.8 Å². The van der Waals surface area contributed by atoms with Crippen LogP contribution in [0.3, 0.4) is 0 Å². The Bertz CT molecular complexity index is 256. The van der Waals surface area contributed by atoms with E-state index in [4.69, 9.17) is 11.1 Å². The molecule has 0 radical (unpaired) electrons. The van der Waals surface area contributed by atoms with Crippen molar-refractivity contribution in [3.63, 3.8) is 0 Å². The van der Waals surface area contributed by atoms with E-state index in [2.05, 4.69) is 20.1 Å². The summed E-state index contributed by atoms with van der Waals surface area (Å²) in [6.45, 7) is 0. The normalized spacial score (nSPS) is 42.3. The maximum absolute atomic E-state index is 8.24. The Morgan fingerprint density at radius 3 is 1.58 bits per heavy atom. The van der Waals surface area contributed by atoms with Gasteiger partial charge >= 0.3 is 0 Å². The zero-order chi connectivity index (χ0) is 8.55. The van der Waals surface area contributed by atoms with Crippen molar-refractivity contribution in [2.75, 3.05) is 0 Å². The number of fused-ring (bicyclic) bond motifs is 1. The fraction of sp³-hybridized carbons (Fsp3) is 1.00. The first kappa shape index (κ1) is 7.28. The van der Waals surface area contributed by atoms with Gasteiger partial charge < -0.3 is 0 Å². The van der Waals surface area contributed by atoms with Crippen molar-refractivity contribution in [3.05, 3.63) is 20.9 Å². The molecule has 0 aliphatic heterocycles. The molecule has 0 aromatic carbocycles. The van der Waals surface area contributed by atoms with Crippen molar-refractivity contribution in [3.8, 4) is 0 Å². The summed E-state index contributed by atoms with van der Waals surface area (Å²) in [5, 5.41) is 7.26. The van der Waals surface area contributed by atoms with Gasteiger partial charge in [0.05, 0.1) is 0 Å². The highest BCUT2D eigenvalue weighted by molar-refractivity contribution is 5.11. The Balaban J connectivity index is 2.11. The molecule has 2 aliphatic carbocycles. The third-order valence-electron chi connectivity index (χ3n) is 2.98. The number of hydrogen-bond donors (Lipinski definition) is 0. The highest BCUT2D eigenvalue weighted by atomic mass is 15.2. The minimum Gasteiger partial charge on any atom is -0.0899 e. The van der Waals surface area contributed by atoms with Crippen molar-refractivity contribution in [2.24, 2.45) is 22.1 Å². The Morgan fingerprint density at radius 2 is 1.33 bits per heavy atom. The zero-order valence-corrected chi connectivity index (χ0v) is 6.41. The van der Waals surface area contributed by atoms with Crippen LogP contribution in [0.5, 0.6) is 0 Å². The highest BCUT2D eigenvalue weighted by Crippen LogP contribution is 2.53. The molecule has 0 aromatic rings. The van der Waals surface area contributed by atoms with E-state index in [9.17, 15) is 0 Å². The van der Waals surface area contributed by atoms with Crippen LogP contribution in [0.2, 0.25) is 0 Å². The van der Waals surface area contributed by atoms with Crippen molar-refractivity contribution in [2.45, 2.75) is 24.9 Å². The molecule has 2 fully saturated rings. The minimum atomic E-state index is -0.0651. The second-order valence-corrected chi connectivity index (χ2v) is 3.30. The Morgan fingerprint density at radius 1 is 0.917 bits per heavy atom. The molecule has 0 spiro atoms. The van der Waals surface area contributed by atoms with E-state index in [1.165, 1.54) is 0 Å². The van der Waals surface area contributed by atoms with Crippen molar-refractivity contribution >= 4 is 0 Å². The van der Waals surface area contributed by atoms with Gasteiger partial charge in [-0.05, 0) is 35.7 Å². The van der Waals surface area contributed by atoms with Gasteiger partial charge in [0.2, 0.25) is 0 Å². The molecule has 0 heterocycles. The summed E-state index contributed by atoms with van der Waals surface area (Å²) in [5.74, 6) is 0.993. The second-order valence-electron chi connectivity index (χ2n) is 3.30. The summed E-state index contributed by atoms with van der Waals surface area (Å²) < 4.78 is 0. The molecule has 4 unspecified atom stereocenters. The van der Waals surface area contributed by atoms with Crippen LogP contribution in [-0.2, 0) is 0 Å². The first-order valence-corrected chi connectivity index (χ1v) is 3.97. The van der Waals surface area contributed by atoms with Crippen LogP contribution in [0, 0.1) is 11.8 Å². The van der Waals surface area contributed by atoms with Gasteiger partial charge in [0.15, 0.2) is 0 Å². The summed E-state index contributed by atoms with van der Waals surface area (Å²) in [4.78, 5) is 5.50. The lowest BCUT2D eigenvalue weighted by Gasteiger charge is -2.55. The number of nitrogens with zero attached hydrogens (tertiary/aromatic N) is 6. The molecule has 0 aromatic heterocycles. The summed E-state index contributed by atoms with van der Waals surface area (Å²) in [6, 6.07) is -0.130. The lowest BCUT2D eigenvalue weighted by Crippen LogP contribution is -2.58. The van der Waals surface area contributed by atoms with Crippen LogP contribution < -0.4 is 0 Å². The van der Waals surface area contributed by atoms with Gasteiger partial charge in [0.1, 0.15) is 0 Å². The standard InChI is InChI=1S/C6H8N6/c7-11-9-5-3-1-2-4(3)6(5)10-12-8/h3-6H,1-2H2. The molecule has 6 nitrogen and oxygen atoms in total. The van der Waals surface area contributed by atoms with Gasteiger partial charge in [0, 0.05) is 21.9 Å². The van der Waals surface area contributed by atoms with Gasteiger partial charge in [-0.1, -0.05) is 10.2 Å². The first-order chi connectivity index (χ1) is 5.88. The van der Waals surface area contributed by atoms with Gasteiger partial charge in [0.25, 0.3) is 0 Å². The Labute approximate surface area is 68.8 Å². The molecule has 0 amide bonds. The van der Waals surface area contributed by atoms with E-state index >= 15 is 0 Å². The molecule has 4 atom stereocenters. The molecule has 62 valence electrons. The molecule has 6 heteroatoms. The summed E-state index contributed by atoms with van der Waals surface area (Å²) in [7, 11) is 0. The maximum atomic E-state index is 8.24. The Kier molecular flexibility index (Phi) is 1.57. The average Bonchev–Trinajstić information content (AvgIpc) is 2.02. The van der Waals surface area contributed by atoms with Crippen molar-refractivity contribution in [1.82, 2.24) is 0 Å². The largest absolute Gasteiger partial charge is 0.0899 e. The molecule has 0 N–H and O–H groups in total. The van der Waals surface area contributed by atoms with E-state index in [0.29, 0.717) is 11.8 Å². The molecule has 0 saturated heterocycles. The average molecular weight is 164 g/mol. The first-order valence-electron chi connectivity index (χ1n) is 3.97. The molecule has 12 heavy (non-hydrogen) atoms. The molecule has 2 aliphatic rings. The Hall–Kier alpha value is -1.38. The van der Waals surface area contributed by atoms with E-state index < -0.39 is 0 Å². The maximum Gasteiger partial charge on any atom is 0.0492 e. The monoisotopic (exact) mass is 164 g/mol. The lowest BCUT2D eigenvalue weighted by atomic mass is 9.53. The minimum absolute atomic E-state index is 0.0651.